The van der Waals surface area contributed by atoms with Crippen LogP contribution < -0.4 is 4.90 Å². The molecular weight excluding hydrogens is 326 g/mol. The molecule has 0 bridgehead atoms. The average Bonchev–Trinajstić information content (AvgIpc) is 3.11. The molecule has 7 heteroatoms. The normalized spacial score (nSPS) is 23.0. The van der Waals surface area contributed by atoms with Crippen LogP contribution in [0.3, 0.4) is 0 Å². The molecule has 0 radical (unpaired) electrons. The fourth-order valence-electron chi connectivity index (χ4n) is 3.45. The lowest BCUT2D eigenvalue weighted by Gasteiger charge is -2.23. The van der Waals surface area contributed by atoms with Gasteiger partial charge in [0.15, 0.2) is 9.84 Å². The van der Waals surface area contributed by atoms with E-state index in [-0.39, 0.29) is 17.5 Å². The van der Waals surface area contributed by atoms with Crippen molar-refractivity contribution < 1.29 is 13.2 Å². The minimum Gasteiger partial charge on any atom is -0.375 e. The van der Waals surface area contributed by atoms with E-state index in [1.807, 2.05) is 29.2 Å². The molecule has 128 valence electrons. The fraction of sp³-hybridized carbons (Fsp3) is 0.471. The number of aromatic nitrogens is 2. The van der Waals surface area contributed by atoms with Crippen molar-refractivity contribution in [2.24, 2.45) is 0 Å². The number of rotatable bonds is 3. The topological polar surface area (TPSA) is 64.4 Å². The maximum atomic E-state index is 11.7. The van der Waals surface area contributed by atoms with E-state index in [1.165, 1.54) is 11.3 Å². The summed E-state index contributed by atoms with van der Waals surface area (Å²) in [5, 5.41) is 4.40. The molecule has 1 aromatic heterocycles. The molecule has 2 aliphatic heterocycles. The van der Waals surface area contributed by atoms with Crippen LogP contribution in [0.4, 0.5) is 5.69 Å². The number of anilines is 1. The molecule has 24 heavy (non-hydrogen) atoms. The number of nitrogens with zero attached hydrogens (tertiary/aromatic N) is 3. The highest BCUT2D eigenvalue weighted by molar-refractivity contribution is 7.91. The summed E-state index contributed by atoms with van der Waals surface area (Å²) < 4.78 is 30.8. The summed E-state index contributed by atoms with van der Waals surface area (Å²) in [5.41, 5.74) is 3.49. The first-order valence-corrected chi connectivity index (χ1v) is 10.1. The number of hydrogen-bond donors (Lipinski definition) is 0. The maximum Gasteiger partial charge on any atom is 0.152 e. The summed E-state index contributed by atoms with van der Waals surface area (Å²) in [7, 11) is -2.89. The van der Waals surface area contributed by atoms with Crippen LogP contribution in [-0.2, 0) is 27.7 Å². The Kier molecular flexibility index (Phi) is 4.05. The van der Waals surface area contributed by atoms with Crippen molar-refractivity contribution in [3.05, 3.63) is 47.8 Å². The molecule has 0 aliphatic carbocycles. The van der Waals surface area contributed by atoms with Gasteiger partial charge in [0.05, 0.1) is 37.0 Å². The van der Waals surface area contributed by atoms with Gasteiger partial charge in [-0.05, 0) is 12.5 Å². The molecule has 1 fully saturated rings. The quantitative estimate of drug-likeness (QED) is 0.847. The van der Waals surface area contributed by atoms with E-state index >= 15 is 0 Å². The van der Waals surface area contributed by atoms with Crippen LogP contribution >= 0.6 is 0 Å². The molecule has 0 N–H and O–H groups in total. The number of para-hydroxylation sites is 1. The fourth-order valence-corrected chi connectivity index (χ4v) is 5.15. The summed E-state index contributed by atoms with van der Waals surface area (Å²) in [6, 6.07) is 8.27. The molecule has 0 amide bonds. The second-order valence-electron chi connectivity index (χ2n) is 6.49. The van der Waals surface area contributed by atoms with Crippen molar-refractivity contribution in [2.75, 3.05) is 29.6 Å². The Morgan fingerprint density at radius 3 is 3.00 bits per heavy atom. The highest BCUT2D eigenvalue weighted by Gasteiger charge is 2.29. The second kappa shape index (κ2) is 6.22. The number of sulfone groups is 1. The Hall–Kier alpha value is -1.86. The molecule has 1 unspecified atom stereocenters. The standard InChI is InChI=1S/C17H21N3O3S/c21-24(22)8-5-16(13-24)20-11-14(9-18-20)10-19-6-7-23-12-15-3-1-2-4-17(15)19/h1-4,9,11,16H,5-8,10,12-13H2. The first-order valence-electron chi connectivity index (χ1n) is 8.25. The third-order valence-corrected chi connectivity index (χ3v) is 6.46. The van der Waals surface area contributed by atoms with Crippen molar-refractivity contribution in [1.29, 1.82) is 0 Å². The number of benzene rings is 1. The lowest BCUT2D eigenvalue weighted by molar-refractivity contribution is 0.132. The van der Waals surface area contributed by atoms with Crippen molar-refractivity contribution in [2.45, 2.75) is 25.6 Å². The van der Waals surface area contributed by atoms with Crippen LogP contribution in [0.15, 0.2) is 36.7 Å². The first-order chi connectivity index (χ1) is 11.6. The van der Waals surface area contributed by atoms with Gasteiger partial charge in [0.25, 0.3) is 0 Å². The monoisotopic (exact) mass is 347 g/mol. The maximum absolute atomic E-state index is 11.7. The van der Waals surface area contributed by atoms with E-state index in [4.69, 9.17) is 4.74 Å². The van der Waals surface area contributed by atoms with Crippen molar-refractivity contribution in [3.63, 3.8) is 0 Å². The number of hydrogen-bond acceptors (Lipinski definition) is 5. The Morgan fingerprint density at radius 1 is 1.29 bits per heavy atom. The molecule has 2 aromatic rings. The molecule has 2 aliphatic rings. The van der Waals surface area contributed by atoms with Gasteiger partial charge in [0.2, 0.25) is 0 Å². The number of ether oxygens (including phenoxy) is 1. The number of fused-ring (bicyclic) bond motifs is 1. The zero-order valence-corrected chi connectivity index (χ0v) is 14.3. The van der Waals surface area contributed by atoms with Gasteiger partial charge in [0.1, 0.15) is 0 Å². The molecule has 1 atom stereocenters. The lowest BCUT2D eigenvalue weighted by Crippen LogP contribution is -2.25. The van der Waals surface area contributed by atoms with Crippen LogP contribution in [-0.4, -0.2) is 42.9 Å². The van der Waals surface area contributed by atoms with Gasteiger partial charge >= 0.3 is 0 Å². The minimum atomic E-state index is -2.89. The van der Waals surface area contributed by atoms with E-state index in [2.05, 4.69) is 22.1 Å². The highest BCUT2D eigenvalue weighted by atomic mass is 32.2. The second-order valence-corrected chi connectivity index (χ2v) is 8.72. The summed E-state index contributed by atoms with van der Waals surface area (Å²) in [5.74, 6) is 0.470. The zero-order valence-electron chi connectivity index (χ0n) is 13.5. The predicted molar refractivity (Wildman–Crippen MR) is 91.7 cm³/mol. The third kappa shape index (κ3) is 3.18. The van der Waals surface area contributed by atoms with E-state index in [9.17, 15) is 8.42 Å². The molecule has 0 saturated carbocycles. The summed E-state index contributed by atoms with van der Waals surface area (Å²) in [4.78, 5) is 2.30. The van der Waals surface area contributed by atoms with Gasteiger partial charge < -0.3 is 9.64 Å². The van der Waals surface area contributed by atoms with Crippen LogP contribution in [0.2, 0.25) is 0 Å². The predicted octanol–water partition coefficient (Wildman–Crippen LogP) is 1.78. The molecule has 4 rings (SSSR count). The summed E-state index contributed by atoms with van der Waals surface area (Å²) in [6.45, 7) is 2.93. The van der Waals surface area contributed by atoms with Crippen LogP contribution in [0.5, 0.6) is 0 Å². The Balaban J connectivity index is 1.52. The Labute approximate surface area is 142 Å². The lowest BCUT2D eigenvalue weighted by atomic mass is 10.1. The third-order valence-electron chi connectivity index (χ3n) is 4.71. The van der Waals surface area contributed by atoms with Gasteiger partial charge in [-0.25, -0.2) is 8.42 Å². The van der Waals surface area contributed by atoms with Crippen molar-refractivity contribution >= 4 is 15.5 Å². The molecule has 6 nitrogen and oxygen atoms in total. The average molecular weight is 347 g/mol. The van der Waals surface area contributed by atoms with Crippen molar-refractivity contribution in [3.8, 4) is 0 Å². The SMILES string of the molecule is O=S1(=O)CCC(n2cc(CN3CCOCc4ccccc43)cn2)C1. The molecule has 1 aromatic carbocycles. The first kappa shape index (κ1) is 15.7. The van der Waals surface area contributed by atoms with E-state index in [0.717, 1.165) is 18.7 Å². The van der Waals surface area contributed by atoms with E-state index in [1.54, 1.807) is 0 Å². The molecular formula is C17H21N3O3S. The smallest absolute Gasteiger partial charge is 0.152 e. The van der Waals surface area contributed by atoms with Crippen LogP contribution in [0.1, 0.15) is 23.6 Å². The van der Waals surface area contributed by atoms with Crippen molar-refractivity contribution in [1.82, 2.24) is 9.78 Å². The highest BCUT2D eigenvalue weighted by Crippen LogP contribution is 2.26. The largest absolute Gasteiger partial charge is 0.375 e. The molecule has 3 heterocycles. The Bertz CT molecular complexity index is 831. The summed E-state index contributed by atoms with van der Waals surface area (Å²) in [6.07, 6.45) is 4.49. The van der Waals surface area contributed by atoms with Crippen LogP contribution in [0, 0.1) is 0 Å². The van der Waals surface area contributed by atoms with Gasteiger partial charge in [-0.2, -0.15) is 5.10 Å². The molecule has 0 spiro atoms. The van der Waals surface area contributed by atoms with E-state index in [0.29, 0.717) is 19.6 Å². The van der Waals surface area contributed by atoms with Gasteiger partial charge in [-0.15, -0.1) is 0 Å². The minimum absolute atomic E-state index is 0.0245. The van der Waals surface area contributed by atoms with E-state index < -0.39 is 9.84 Å². The molecule has 1 saturated heterocycles. The van der Waals surface area contributed by atoms with Crippen LogP contribution in [0.25, 0.3) is 0 Å². The van der Waals surface area contributed by atoms with Gasteiger partial charge in [-0.1, -0.05) is 18.2 Å². The summed E-state index contributed by atoms with van der Waals surface area (Å²) >= 11 is 0. The van der Waals surface area contributed by atoms with Gasteiger partial charge in [0, 0.05) is 36.1 Å². The van der Waals surface area contributed by atoms with Gasteiger partial charge in [-0.3, -0.25) is 4.68 Å². The zero-order chi connectivity index (χ0) is 16.6. The Morgan fingerprint density at radius 2 is 2.17 bits per heavy atom.